The van der Waals surface area contributed by atoms with E-state index in [0.717, 1.165) is 37.8 Å². The first-order valence-corrected chi connectivity index (χ1v) is 11.0. The highest BCUT2D eigenvalue weighted by atomic mass is 32.1. The van der Waals surface area contributed by atoms with Gasteiger partial charge in [0.15, 0.2) is 0 Å². The lowest BCUT2D eigenvalue weighted by Crippen LogP contribution is -2.47. The second kappa shape index (κ2) is 7.99. The Morgan fingerprint density at radius 1 is 1.14 bits per heavy atom. The minimum absolute atomic E-state index is 0.0469. The Hall–Kier alpha value is -2.67. The van der Waals surface area contributed by atoms with Crippen molar-refractivity contribution in [1.29, 1.82) is 0 Å². The number of piperidine rings is 1. The number of aryl methyl sites for hydroxylation is 1. The van der Waals surface area contributed by atoms with E-state index in [0.29, 0.717) is 15.9 Å². The van der Waals surface area contributed by atoms with Crippen LogP contribution in [0.5, 0.6) is 0 Å². The fourth-order valence-electron chi connectivity index (χ4n) is 4.14. The van der Waals surface area contributed by atoms with Gasteiger partial charge in [-0.2, -0.15) is 0 Å². The number of fused-ring (bicyclic) bond motifs is 1. The molecule has 0 unspecified atom stereocenters. The Labute approximate surface area is 173 Å². The Kier molecular flexibility index (Phi) is 5.41. The van der Waals surface area contributed by atoms with Crippen molar-refractivity contribution >= 4 is 27.5 Å². The summed E-state index contributed by atoms with van der Waals surface area (Å²) in [4.78, 5) is 41.3. The molecule has 3 heterocycles. The molecule has 0 spiro atoms. The molecule has 29 heavy (non-hydrogen) atoms. The number of amides is 1. The van der Waals surface area contributed by atoms with E-state index in [1.54, 1.807) is 23.6 Å². The second-order valence-electron chi connectivity index (χ2n) is 7.62. The smallest absolute Gasteiger partial charge is 0.336 e. The Balaban J connectivity index is 1.81. The molecule has 6 nitrogen and oxygen atoms in total. The van der Waals surface area contributed by atoms with Crippen LogP contribution in [0.15, 0.2) is 45.3 Å². The third-order valence-corrected chi connectivity index (χ3v) is 6.65. The van der Waals surface area contributed by atoms with Gasteiger partial charge in [-0.3, -0.25) is 14.2 Å². The summed E-state index contributed by atoms with van der Waals surface area (Å²) in [6.07, 6.45) is 4.05. The van der Waals surface area contributed by atoms with E-state index >= 15 is 0 Å². The molecule has 1 atom stereocenters. The van der Waals surface area contributed by atoms with Gasteiger partial charge in [0.25, 0.3) is 5.56 Å². The molecule has 0 bridgehead atoms. The van der Waals surface area contributed by atoms with Crippen molar-refractivity contribution in [3.05, 3.63) is 62.1 Å². The van der Waals surface area contributed by atoms with E-state index in [9.17, 15) is 14.4 Å². The number of nitrogens with zero attached hydrogens (tertiary/aromatic N) is 3. The molecule has 1 saturated heterocycles. The molecule has 1 fully saturated rings. The lowest BCUT2D eigenvalue weighted by molar-refractivity contribution is -0.135. The summed E-state index contributed by atoms with van der Waals surface area (Å²) in [6, 6.07) is 9.25. The van der Waals surface area contributed by atoms with Gasteiger partial charge in [-0.05, 0) is 56.2 Å². The van der Waals surface area contributed by atoms with Crippen molar-refractivity contribution in [3.8, 4) is 5.69 Å². The van der Waals surface area contributed by atoms with Crippen LogP contribution in [0.25, 0.3) is 15.9 Å². The van der Waals surface area contributed by atoms with Crippen molar-refractivity contribution in [1.82, 2.24) is 14.0 Å². The Bertz CT molecular complexity index is 1160. The van der Waals surface area contributed by atoms with Crippen molar-refractivity contribution in [2.75, 3.05) is 6.54 Å². The van der Waals surface area contributed by atoms with Crippen molar-refractivity contribution in [2.45, 2.75) is 52.1 Å². The van der Waals surface area contributed by atoms with Gasteiger partial charge >= 0.3 is 5.69 Å². The summed E-state index contributed by atoms with van der Waals surface area (Å²) in [5, 5.41) is 1.79. The van der Waals surface area contributed by atoms with Gasteiger partial charge in [0.2, 0.25) is 5.91 Å². The summed E-state index contributed by atoms with van der Waals surface area (Å²) in [5.74, 6) is -0.0553. The lowest BCUT2D eigenvalue weighted by atomic mass is 10.00. The van der Waals surface area contributed by atoms with Gasteiger partial charge in [-0.1, -0.05) is 24.6 Å². The number of rotatable bonds is 4. The molecule has 1 aliphatic heterocycles. The van der Waals surface area contributed by atoms with E-state index in [-0.39, 0.29) is 24.1 Å². The van der Waals surface area contributed by atoms with Crippen LogP contribution in [0.1, 0.15) is 38.2 Å². The molecule has 3 aromatic rings. The maximum Gasteiger partial charge on any atom is 0.336 e. The number of thiophene rings is 1. The Morgan fingerprint density at radius 3 is 2.62 bits per heavy atom. The normalized spacial score (nSPS) is 17.0. The number of hydrogen-bond acceptors (Lipinski definition) is 4. The predicted octanol–water partition coefficient (Wildman–Crippen LogP) is 3.31. The Morgan fingerprint density at radius 2 is 1.90 bits per heavy atom. The second-order valence-corrected chi connectivity index (χ2v) is 8.54. The zero-order chi connectivity index (χ0) is 20.5. The quantitative estimate of drug-likeness (QED) is 0.662. The molecule has 1 amide bonds. The molecule has 0 saturated carbocycles. The van der Waals surface area contributed by atoms with E-state index in [1.807, 2.05) is 24.0 Å². The molecular weight excluding hydrogens is 386 g/mol. The van der Waals surface area contributed by atoms with Gasteiger partial charge in [0, 0.05) is 12.6 Å². The molecule has 152 valence electrons. The molecule has 0 radical (unpaired) electrons. The average molecular weight is 412 g/mol. The average Bonchev–Trinajstić information content (AvgIpc) is 3.22. The molecule has 0 N–H and O–H groups in total. The zero-order valence-corrected chi connectivity index (χ0v) is 17.6. The van der Waals surface area contributed by atoms with Crippen LogP contribution in [0.2, 0.25) is 0 Å². The summed E-state index contributed by atoms with van der Waals surface area (Å²) >= 11 is 1.30. The van der Waals surface area contributed by atoms with Gasteiger partial charge in [-0.15, -0.1) is 11.3 Å². The third kappa shape index (κ3) is 3.55. The van der Waals surface area contributed by atoms with Crippen molar-refractivity contribution in [3.63, 3.8) is 0 Å². The van der Waals surface area contributed by atoms with Gasteiger partial charge < -0.3 is 4.90 Å². The highest BCUT2D eigenvalue weighted by Gasteiger charge is 2.26. The first-order chi connectivity index (χ1) is 14.0. The first kappa shape index (κ1) is 19.6. The summed E-state index contributed by atoms with van der Waals surface area (Å²) in [6.45, 7) is 4.73. The molecule has 0 aliphatic carbocycles. The van der Waals surface area contributed by atoms with E-state index in [4.69, 9.17) is 0 Å². The topological polar surface area (TPSA) is 64.3 Å². The number of hydrogen-bond donors (Lipinski definition) is 0. The molecule has 2 aromatic heterocycles. The monoisotopic (exact) mass is 411 g/mol. The number of benzene rings is 1. The summed E-state index contributed by atoms with van der Waals surface area (Å²) < 4.78 is 3.12. The molecular formula is C22H25N3O3S. The van der Waals surface area contributed by atoms with Crippen LogP contribution in [-0.2, 0) is 11.3 Å². The number of likely N-dealkylation sites (tertiary alicyclic amines) is 1. The molecule has 4 rings (SSSR count). The minimum atomic E-state index is -0.469. The largest absolute Gasteiger partial charge is 0.338 e. The number of aromatic nitrogens is 2. The van der Waals surface area contributed by atoms with Crippen LogP contribution in [0.3, 0.4) is 0 Å². The van der Waals surface area contributed by atoms with Gasteiger partial charge in [0.1, 0.15) is 11.2 Å². The molecule has 1 aliphatic rings. The van der Waals surface area contributed by atoms with Crippen LogP contribution in [0.4, 0.5) is 0 Å². The highest BCUT2D eigenvalue weighted by molar-refractivity contribution is 7.17. The van der Waals surface area contributed by atoms with Crippen molar-refractivity contribution < 1.29 is 4.79 Å². The van der Waals surface area contributed by atoms with Crippen LogP contribution in [-0.4, -0.2) is 32.5 Å². The maximum atomic E-state index is 13.3. The maximum absolute atomic E-state index is 13.3. The third-order valence-electron chi connectivity index (χ3n) is 5.76. The van der Waals surface area contributed by atoms with E-state index in [1.165, 1.54) is 20.5 Å². The van der Waals surface area contributed by atoms with E-state index in [2.05, 4.69) is 6.92 Å². The number of carbonyl (C=O) groups excluding carboxylic acids is 1. The zero-order valence-electron chi connectivity index (χ0n) is 16.8. The SMILES string of the molecule is CC[C@H]1CCCCN1C(=O)Cn1c(=O)n(-c2ccc(C)cc2)c(=O)c2sccc21. The van der Waals surface area contributed by atoms with Crippen LogP contribution < -0.4 is 11.2 Å². The van der Waals surface area contributed by atoms with E-state index < -0.39 is 5.69 Å². The van der Waals surface area contributed by atoms with Crippen LogP contribution >= 0.6 is 11.3 Å². The minimum Gasteiger partial charge on any atom is -0.338 e. The number of carbonyl (C=O) groups is 1. The fraction of sp³-hybridized carbons (Fsp3) is 0.409. The van der Waals surface area contributed by atoms with Gasteiger partial charge in [-0.25, -0.2) is 9.36 Å². The van der Waals surface area contributed by atoms with Crippen molar-refractivity contribution in [2.24, 2.45) is 0 Å². The standard InChI is InChI=1S/C22H25N3O3S/c1-3-16-6-4-5-12-23(16)19(26)14-24-18-11-13-29-20(18)21(27)25(22(24)28)17-9-7-15(2)8-10-17/h7-11,13,16H,3-6,12,14H2,1-2H3/t16-/m0/s1. The summed E-state index contributed by atoms with van der Waals surface area (Å²) in [5.41, 5.74) is 1.30. The van der Waals surface area contributed by atoms with Crippen LogP contribution in [0, 0.1) is 6.92 Å². The fourth-order valence-corrected chi connectivity index (χ4v) is 4.97. The first-order valence-electron chi connectivity index (χ1n) is 10.1. The summed E-state index contributed by atoms with van der Waals surface area (Å²) in [7, 11) is 0. The predicted molar refractivity (Wildman–Crippen MR) is 116 cm³/mol. The van der Waals surface area contributed by atoms with Gasteiger partial charge in [0.05, 0.1) is 11.2 Å². The lowest BCUT2D eigenvalue weighted by Gasteiger charge is -2.35. The molecule has 7 heteroatoms. The molecule has 1 aromatic carbocycles. The highest BCUT2D eigenvalue weighted by Crippen LogP contribution is 2.21.